The Kier molecular flexibility index (Phi) is 9.22. The molecule has 2 aromatic carbocycles. The van der Waals surface area contributed by atoms with Gasteiger partial charge in [0, 0.05) is 24.1 Å². The molecular formula is C25H27F4N3O3. The topological polar surface area (TPSA) is 79.8 Å². The first kappa shape index (κ1) is 26.2. The lowest BCUT2D eigenvalue weighted by Gasteiger charge is -2.29. The summed E-state index contributed by atoms with van der Waals surface area (Å²) in [5, 5.41) is 5.66. The Hall–Kier alpha value is -3.43. The molecule has 1 amide bonds. The number of halogens is 4. The molecule has 0 saturated heterocycles. The van der Waals surface area contributed by atoms with Crippen molar-refractivity contribution in [2.24, 2.45) is 10.9 Å². The van der Waals surface area contributed by atoms with Crippen molar-refractivity contribution in [2.45, 2.75) is 51.6 Å². The molecule has 1 aliphatic carbocycles. The van der Waals surface area contributed by atoms with Gasteiger partial charge in [0.05, 0.1) is 13.2 Å². The van der Waals surface area contributed by atoms with Crippen LogP contribution in [0.2, 0.25) is 0 Å². The van der Waals surface area contributed by atoms with Crippen molar-refractivity contribution in [3.05, 3.63) is 70.8 Å². The number of carbonyl (C=O) groups excluding carboxylic acids is 2. The van der Waals surface area contributed by atoms with Gasteiger partial charge in [-0.15, -0.1) is 0 Å². The summed E-state index contributed by atoms with van der Waals surface area (Å²) in [6.07, 6.45) is 3.25. The van der Waals surface area contributed by atoms with E-state index < -0.39 is 29.2 Å². The molecule has 35 heavy (non-hydrogen) atoms. The van der Waals surface area contributed by atoms with Gasteiger partial charge < -0.3 is 10.1 Å². The second-order valence-corrected chi connectivity index (χ2v) is 8.40. The summed E-state index contributed by atoms with van der Waals surface area (Å²) in [4.78, 5) is 28.6. The lowest BCUT2D eigenvalue weighted by atomic mass is 9.84. The molecule has 1 saturated carbocycles. The van der Waals surface area contributed by atoms with Crippen LogP contribution in [0.5, 0.6) is 0 Å². The van der Waals surface area contributed by atoms with Crippen LogP contribution in [-0.4, -0.2) is 30.5 Å². The zero-order chi connectivity index (χ0) is 25.4. The first-order chi connectivity index (χ1) is 16.7. The van der Waals surface area contributed by atoms with E-state index >= 15 is 0 Å². The SMILES string of the molecule is CCOC(=O)CC1CCC(NC(=NCc2cc(F)cc(F)c2)NC(=O)c2ccc(F)c(F)c2)CC1. The van der Waals surface area contributed by atoms with E-state index in [1.54, 1.807) is 6.92 Å². The van der Waals surface area contributed by atoms with Gasteiger partial charge in [-0.3, -0.25) is 14.9 Å². The Labute approximate surface area is 200 Å². The molecule has 2 N–H and O–H groups in total. The molecule has 0 aromatic heterocycles. The van der Waals surface area contributed by atoms with Crippen LogP contribution in [0.15, 0.2) is 41.4 Å². The number of carbonyl (C=O) groups is 2. The molecule has 0 bridgehead atoms. The molecule has 0 spiro atoms. The highest BCUT2D eigenvalue weighted by atomic mass is 19.2. The summed E-state index contributed by atoms with van der Waals surface area (Å²) in [6.45, 7) is 1.96. The van der Waals surface area contributed by atoms with Crippen molar-refractivity contribution in [3.63, 3.8) is 0 Å². The van der Waals surface area contributed by atoms with E-state index in [4.69, 9.17) is 4.74 Å². The Bertz CT molecular complexity index is 1070. The van der Waals surface area contributed by atoms with Gasteiger partial charge in [-0.05, 0) is 74.4 Å². The molecule has 0 heterocycles. The van der Waals surface area contributed by atoms with Gasteiger partial charge in [0.15, 0.2) is 17.6 Å². The van der Waals surface area contributed by atoms with E-state index in [1.165, 1.54) is 0 Å². The first-order valence-electron chi connectivity index (χ1n) is 11.4. The summed E-state index contributed by atoms with van der Waals surface area (Å²) < 4.78 is 58.9. The number of amides is 1. The molecule has 3 rings (SSSR count). The Morgan fingerprint density at radius 2 is 1.66 bits per heavy atom. The number of hydrogen-bond acceptors (Lipinski definition) is 4. The Morgan fingerprint density at radius 3 is 2.29 bits per heavy atom. The minimum Gasteiger partial charge on any atom is -0.466 e. The molecule has 1 aliphatic rings. The third kappa shape index (κ3) is 8.08. The van der Waals surface area contributed by atoms with Gasteiger partial charge >= 0.3 is 5.97 Å². The number of guanidine groups is 1. The van der Waals surface area contributed by atoms with Crippen LogP contribution in [0.3, 0.4) is 0 Å². The lowest BCUT2D eigenvalue weighted by molar-refractivity contribution is -0.144. The highest BCUT2D eigenvalue weighted by Gasteiger charge is 2.25. The number of hydrogen-bond donors (Lipinski definition) is 2. The number of ether oxygens (including phenoxy) is 1. The molecule has 188 valence electrons. The molecule has 6 nitrogen and oxygen atoms in total. The van der Waals surface area contributed by atoms with Crippen molar-refractivity contribution in [1.82, 2.24) is 10.6 Å². The number of nitrogens with zero attached hydrogens (tertiary/aromatic N) is 1. The average molecular weight is 494 g/mol. The molecule has 10 heteroatoms. The van der Waals surface area contributed by atoms with Gasteiger partial charge in [0.2, 0.25) is 0 Å². The maximum Gasteiger partial charge on any atom is 0.306 e. The molecule has 0 atom stereocenters. The number of aliphatic imine (C=N–C) groups is 1. The zero-order valence-corrected chi connectivity index (χ0v) is 19.3. The number of nitrogens with one attached hydrogen (secondary N) is 2. The van der Waals surface area contributed by atoms with Crippen LogP contribution in [0.1, 0.15) is 54.9 Å². The van der Waals surface area contributed by atoms with Gasteiger partial charge in [-0.1, -0.05) is 0 Å². The highest BCUT2D eigenvalue weighted by molar-refractivity contribution is 6.05. The Morgan fingerprint density at radius 1 is 0.971 bits per heavy atom. The van der Waals surface area contributed by atoms with E-state index in [-0.39, 0.29) is 41.6 Å². The van der Waals surface area contributed by atoms with Crippen LogP contribution in [0.4, 0.5) is 17.6 Å². The van der Waals surface area contributed by atoms with E-state index in [1.807, 2.05) is 0 Å². The zero-order valence-electron chi connectivity index (χ0n) is 19.3. The monoisotopic (exact) mass is 493 g/mol. The largest absolute Gasteiger partial charge is 0.466 e. The highest BCUT2D eigenvalue weighted by Crippen LogP contribution is 2.27. The number of esters is 1. The van der Waals surface area contributed by atoms with Gasteiger partial charge in [0.25, 0.3) is 5.91 Å². The number of rotatable bonds is 7. The fourth-order valence-corrected chi connectivity index (χ4v) is 3.97. The summed E-state index contributed by atoms with van der Waals surface area (Å²) in [5.41, 5.74) is 0.135. The van der Waals surface area contributed by atoms with E-state index in [0.717, 1.165) is 49.2 Å². The molecule has 0 aliphatic heterocycles. The van der Waals surface area contributed by atoms with Gasteiger partial charge in [-0.2, -0.15) is 0 Å². The third-order valence-corrected chi connectivity index (χ3v) is 5.70. The van der Waals surface area contributed by atoms with Crippen LogP contribution >= 0.6 is 0 Å². The number of benzene rings is 2. The normalized spacial score (nSPS) is 18.1. The van der Waals surface area contributed by atoms with Crippen LogP contribution < -0.4 is 10.6 Å². The maximum atomic E-state index is 13.6. The summed E-state index contributed by atoms with van der Waals surface area (Å²) >= 11 is 0. The smallest absolute Gasteiger partial charge is 0.306 e. The van der Waals surface area contributed by atoms with Crippen molar-refractivity contribution >= 4 is 17.8 Å². The summed E-state index contributed by atoms with van der Waals surface area (Å²) in [5.74, 6) is -4.48. The average Bonchev–Trinajstić information content (AvgIpc) is 2.80. The Balaban J connectivity index is 1.69. The van der Waals surface area contributed by atoms with Gasteiger partial charge in [-0.25, -0.2) is 22.6 Å². The first-order valence-corrected chi connectivity index (χ1v) is 11.4. The van der Waals surface area contributed by atoms with Crippen molar-refractivity contribution in [1.29, 1.82) is 0 Å². The van der Waals surface area contributed by atoms with E-state index in [0.29, 0.717) is 25.9 Å². The molecular weight excluding hydrogens is 466 g/mol. The van der Waals surface area contributed by atoms with Crippen LogP contribution in [0, 0.1) is 29.2 Å². The standard InChI is InChI=1S/C25H27F4N3O3/c1-2-35-23(33)11-15-3-6-20(7-4-15)31-25(30-14-16-9-18(26)13-19(27)10-16)32-24(34)17-5-8-21(28)22(29)12-17/h5,8-10,12-13,15,20H,2-4,6-7,11,14H2,1H3,(H2,30,31,32,34). The molecule has 2 aromatic rings. The molecule has 0 radical (unpaired) electrons. The fraction of sp³-hybridized carbons (Fsp3) is 0.400. The third-order valence-electron chi connectivity index (χ3n) is 5.70. The second kappa shape index (κ2) is 12.3. The lowest BCUT2D eigenvalue weighted by Crippen LogP contribution is -2.47. The predicted molar refractivity (Wildman–Crippen MR) is 121 cm³/mol. The summed E-state index contributed by atoms with van der Waals surface area (Å²) in [7, 11) is 0. The molecule has 1 fully saturated rings. The van der Waals surface area contributed by atoms with Crippen molar-refractivity contribution < 1.29 is 31.9 Å². The van der Waals surface area contributed by atoms with Gasteiger partial charge in [0.1, 0.15) is 11.6 Å². The minimum absolute atomic E-state index is 0.0400. The minimum atomic E-state index is -1.17. The molecule has 0 unspecified atom stereocenters. The van der Waals surface area contributed by atoms with Crippen LogP contribution in [0.25, 0.3) is 0 Å². The second-order valence-electron chi connectivity index (χ2n) is 8.40. The van der Waals surface area contributed by atoms with E-state index in [9.17, 15) is 27.2 Å². The van der Waals surface area contributed by atoms with Crippen molar-refractivity contribution in [2.75, 3.05) is 6.61 Å². The maximum absolute atomic E-state index is 13.6. The summed E-state index contributed by atoms with van der Waals surface area (Å²) in [6, 6.07) is 5.66. The van der Waals surface area contributed by atoms with E-state index in [2.05, 4.69) is 15.6 Å². The quantitative estimate of drug-likeness (QED) is 0.255. The van der Waals surface area contributed by atoms with Crippen LogP contribution in [-0.2, 0) is 16.1 Å². The fourth-order valence-electron chi connectivity index (χ4n) is 3.97. The van der Waals surface area contributed by atoms with Crippen molar-refractivity contribution in [3.8, 4) is 0 Å². The predicted octanol–water partition coefficient (Wildman–Crippen LogP) is 4.63.